The minimum Gasteiger partial charge on any atom is -0.476 e. The van der Waals surface area contributed by atoms with Crippen molar-refractivity contribution in [2.75, 3.05) is 19.0 Å². The highest BCUT2D eigenvalue weighted by atomic mass is 19.4. The maximum atomic E-state index is 13.2. The van der Waals surface area contributed by atoms with Gasteiger partial charge in [0.15, 0.2) is 17.5 Å². The molecule has 0 aliphatic rings. The zero-order valence-corrected chi connectivity index (χ0v) is 9.44. The van der Waals surface area contributed by atoms with Gasteiger partial charge in [-0.3, -0.25) is 0 Å². The summed E-state index contributed by atoms with van der Waals surface area (Å²) in [6, 6.07) is 0.553. The Bertz CT molecular complexity index is 408. The Labute approximate surface area is 100.0 Å². The highest BCUT2D eigenvalue weighted by Gasteiger charge is 2.26. The molecule has 102 valence electrons. The summed E-state index contributed by atoms with van der Waals surface area (Å²) in [6.45, 7) is -0.349. The van der Waals surface area contributed by atoms with Crippen molar-refractivity contribution in [3.8, 4) is 5.88 Å². The lowest BCUT2D eigenvalue weighted by molar-refractivity contribution is -0.136. The second-order valence-corrected chi connectivity index (χ2v) is 3.42. The van der Waals surface area contributed by atoms with Crippen LogP contribution < -0.4 is 10.1 Å². The number of ether oxygens (including phenoxy) is 1. The molecule has 1 rings (SSSR count). The average molecular weight is 270 g/mol. The van der Waals surface area contributed by atoms with Crippen LogP contribution in [0.4, 0.5) is 27.8 Å². The SMILES string of the molecule is CNc1nc(OCCCC(F)(F)F)c(F)cc1F. The molecule has 0 bridgehead atoms. The molecule has 0 unspecified atom stereocenters. The monoisotopic (exact) mass is 270 g/mol. The molecule has 0 atom stereocenters. The Morgan fingerprint density at radius 1 is 1.28 bits per heavy atom. The summed E-state index contributed by atoms with van der Waals surface area (Å²) < 4.78 is 66.4. The molecular formula is C10H11F5N2O. The van der Waals surface area contributed by atoms with Gasteiger partial charge in [0.2, 0.25) is 0 Å². The van der Waals surface area contributed by atoms with E-state index in [1.54, 1.807) is 0 Å². The van der Waals surface area contributed by atoms with E-state index in [0.717, 1.165) is 0 Å². The summed E-state index contributed by atoms with van der Waals surface area (Å²) in [5.74, 6) is -2.72. The smallest absolute Gasteiger partial charge is 0.389 e. The summed E-state index contributed by atoms with van der Waals surface area (Å²) in [5.41, 5.74) is 0. The van der Waals surface area contributed by atoms with Gasteiger partial charge in [-0.1, -0.05) is 0 Å². The van der Waals surface area contributed by atoms with E-state index in [2.05, 4.69) is 10.3 Å². The van der Waals surface area contributed by atoms with Crippen molar-refractivity contribution in [2.45, 2.75) is 19.0 Å². The van der Waals surface area contributed by atoms with E-state index >= 15 is 0 Å². The van der Waals surface area contributed by atoms with Crippen molar-refractivity contribution in [3.05, 3.63) is 17.7 Å². The fraction of sp³-hybridized carbons (Fsp3) is 0.500. The molecule has 0 saturated carbocycles. The molecule has 1 aromatic heterocycles. The van der Waals surface area contributed by atoms with Gasteiger partial charge in [-0.25, -0.2) is 8.78 Å². The molecule has 0 fully saturated rings. The highest BCUT2D eigenvalue weighted by Crippen LogP contribution is 2.23. The minimum absolute atomic E-state index is 0.234. The van der Waals surface area contributed by atoms with E-state index in [-0.39, 0.29) is 18.8 Å². The molecule has 0 radical (unpaired) electrons. The number of hydrogen-bond donors (Lipinski definition) is 1. The number of halogens is 5. The number of nitrogens with one attached hydrogen (secondary N) is 1. The highest BCUT2D eigenvalue weighted by molar-refractivity contribution is 5.38. The van der Waals surface area contributed by atoms with Gasteiger partial charge in [0.05, 0.1) is 6.61 Å². The molecule has 18 heavy (non-hydrogen) atoms. The van der Waals surface area contributed by atoms with Crippen molar-refractivity contribution >= 4 is 5.82 Å². The van der Waals surface area contributed by atoms with Crippen molar-refractivity contribution < 1.29 is 26.7 Å². The molecule has 0 aliphatic carbocycles. The van der Waals surface area contributed by atoms with Crippen LogP contribution in [0.1, 0.15) is 12.8 Å². The lowest BCUT2D eigenvalue weighted by Crippen LogP contribution is -2.11. The maximum absolute atomic E-state index is 13.2. The molecule has 0 aliphatic heterocycles. The number of pyridine rings is 1. The van der Waals surface area contributed by atoms with Gasteiger partial charge in [0.25, 0.3) is 5.88 Å². The van der Waals surface area contributed by atoms with Crippen LogP contribution in [0.5, 0.6) is 5.88 Å². The zero-order valence-electron chi connectivity index (χ0n) is 9.44. The lowest BCUT2D eigenvalue weighted by Gasteiger charge is -2.09. The molecule has 8 heteroatoms. The van der Waals surface area contributed by atoms with Crippen LogP contribution in [0, 0.1) is 11.6 Å². The Hall–Kier alpha value is -1.60. The third-order valence-electron chi connectivity index (χ3n) is 1.98. The molecule has 1 heterocycles. The van der Waals surface area contributed by atoms with Crippen molar-refractivity contribution in [1.29, 1.82) is 0 Å². The summed E-state index contributed by atoms with van der Waals surface area (Å²) in [4.78, 5) is 3.46. The minimum atomic E-state index is -4.28. The van der Waals surface area contributed by atoms with Crippen LogP contribution in [0.25, 0.3) is 0 Å². The number of anilines is 1. The summed E-state index contributed by atoms with van der Waals surface area (Å²) in [5, 5.41) is 2.36. The Kier molecular flexibility index (Phi) is 4.69. The van der Waals surface area contributed by atoms with E-state index in [1.807, 2.05) is 0 Å². The molecule has 0 aromatic carbocycles. The number of aromatic nitrogens is 1. The normalized spacial score (nSPS) is 11.4. The van der Waals surface area contributed by atoms with Crippen molar-refractivity contribution in [3.63, 3.8) is 0 Å². The topological polar surface area (TPSA) is 34.2 Å². The molecular weight excluding hydrogens is 259 g/mol. The number of rotatable bonds is 5. The number of alkyl halides is 3. The van der Waals surface area contributed by atoms with Crippen LogP contribution in [0.3, 0.4) is 0 Å². The largest absolute Gasteiger partial charge is 0.476 e. The number of hydrogen-bond acceptors (Lipinski definition) is 3. The van der Waals surface area contributed by atoms with E-state index in [0.29, 0.717) is 6.07 Å². The van der Waals surface area contributed by atoms with Crippen molar-refractivity contribution in [1.82, 2.24) is 4.98 Å². The van der Waals surface area contributed by atoms with Gasteiger partial charge in [-0.05, 0) is 6.42 Å². The first-order chi connectivity index (χ1) is 8.33. The predicted octanol–water partition coefficient (Wildman–Crippen LogP) is 3.12. The van der Waals surface area contributed by atoms with Gasteiger partial charge in [-0.2, -0.15) is 18.2 Å². The Morgan fingerprint density at radius 2 is 1.94 bits per heavy atom. The van der Waals surface area contributed by atoms with Gasteiger partial charge >= 0.3 is 6.18 Å². The third kappa shape index (κ3) is 4.34. The van der Waals surface area contributed by atoms with Gasteiger partial charge in [0.1, 0.15) is 0 Å². The summed E-state index contributed by atoms with van der Waals surface area (Å²) in [6.07, 6.45) is -5.64. The molecule has 1 aromatic rings. The third-order valence-corrected chi connectivity index (χ3v) is 1.98. The standard InChI is InChI=1S/C10H11F5N2O/c1-16-8-6(11)5-7(12)9(17-8)18-4-2-3-10(13,14)15/h5H,2-4H2,1H3,(H,16,17). The maximum Gasteiger partial charge on any atom is 0.389 e. The number of nitrogens with zero attached hydrogens (tertiary/aromatic N) is 1. The predicted molar refractivity (Wildman–Crippen MR) is 54.5 cm³/mol. The fourth-order valence-corrected chi connectivity index (χ4v) is 1.17. The van der Waals surface area contributed by atoms with Gasteiger partial charge < -0.3 is 10.1 Å². The summed E-state index contributed by atoms with van der Waals surface area (Å²) >= 11 is 0. The van der Waals surface area contributed by atoms with E-state index in [1.165, 1.54) is 7.05 Å². The van der Waals surface area contributed by atoms with Crippen LogP contribution in [0.15, 0.2) is 6.07 Å². The van der Waals surface area contributed by atoms with Gasteiger partial charge in [0, 0.05) is 19.5 Å². The van der Waals surface area contributed by atoms with Crippen LogP contribution in [-0.4, -0.2) is 24.8 Å². The van der Waals surface area contributed by atoms with Crippen LogP contribution in [0.2, 0.25) is 0 Å². The molecule has 0 spiro atoms. The van der Waals surface area contributed by atoms with Gasteiger partial charge in [-0.15, -0.1) is 0 Å². The summed E-state index contributed by atoms with van der Waals surface area (Å²) in [7, 11) is 1.37. The first-order valence-electron chi connectivity index (χ1n) is 5.07. The van der Waals surface area contributed by atoms with Crippen molar-refractivity contribution in [2.24, 2.45) is 0 Å². The molecule has 3 nitrogen and oxygen atoms in total. The zero-order chi connectivity index (χ0) is 13.8. The Balaban J connectivity index is 2.57. The average Bonchev–Trinajstić information content (AvgIpc) is 2.25. The van der Waals surface area contributed by atoms with Crippen LogP contribution >= 0.6 is 0 Å². The molecule has 1 N–H and O–H groups in total. The van der Waals surface area contributed by atoms with E-state index in [9.17, 15) is 22.0 Å². The quantitative estimate of drug-likeness (QED) is 0.659. The van der Waals surface area contributed by atoms with Crippen LogP contribution in [-0.2, 0) is 0 Å². The first-order valence-corrected chi connectivity index (χ1v) is 5.07. The Morgan fingerprint density at radius 3 is 2.50 bits per heavy atom. The molecule has 0 saturated heterocycles. The van der Waals surface area contributed by atoms with E-state index in [4.69, 9.17) is 4.74 Å². The first kappa shape index (κ1) is 14.5. The second-order valence-electron chi connectivity index (χ2n) is 3.42. The second kappa shape index (κ2) is 5.83. The lowest BCUT2D eigenvalue weighted by atomic mass is 10.3. The molecule has 0 amide bonds. The fourth-order valence-electron chi connectivity index (χ4n) is 1.17. The van der Waals surface area contributed by atoms with E-state index < -0.39 is 30.1 Å².